The summed E-state index contributed by atoms with van der Waals surface area (Å²) in [6, 6.07) is 26.5. The Morgan fingerprint density at radius 1 is 0.861 bits per heavy atom. The van der Waals surface area contributed by atoms with Crippen LogP contribution in [0.25, 0.3) is 0 Å². The molecule has 0 unspecified atom stereocenters. The van der Waals surface area contributed by atoms with Crippen molar-refractivity contribution in [1.29, 1.82) is 0 Å². The van der Waals surface area contributed by atoms with Crippen LogP contribution >= 0.6 is 0 Å². The van der Waals surface area contributed by atoms with E-state index in [9.17, 15) is 10.1 Å². The number of aryl methyl sites for hydroxylation is 1. The molecule has 1 saturated heterocycles. The maximum atomic E-state index is 12.1. The number of nitrogens with zero attached hydrogens (tertiary/aromatic N) is 6. The van der Waals surface area contributed by atoms with Gasteiger partial charge >= 0.3 is 5.69 Å². The first-order chi connectivity index (χ1) is 17.6. The molecule has 0 atom stereocenters. The fraction of sp³-hybridized carbons (Fsp3) is 0.222. The molecule has 1 fully saturated rings. The lowest BCUT2D eigenvalue weighted by Gasteiger charge is -2.40. The maximum Gasteiger partial charge on any atom is 0.353 e. The molecule has 9 heteroatoms. The minimum absolute atomic E-state index is 0.111. The predicted octanol–water partition coefficient (Wildman–Crippen LogP) is 4.74. The van der Waals surface area contributed by atoms with Gasteiger partial charge in [-0.1, -0.05) is 66.7 Å². The van der Waals surface area contributed by atoms with Crippen molar-refractivity contribution in [1.82, 2.24) is 19.9 Å². The van der Waals surface area contributed by atoms with Crippen molar-refractivity contribution in [3.63, 3.8) is 0 Å². The Hall–Kier alpha value is -4.37. The molecule has 9 nitrogen and oxygen atoms in total. The summed E-state index contributed by atoms with van der Waals surface area (Å²) >= 11 is 0. The highest BCUT2D eigenvalue weighted by atomic mass is 16.6. The number of rotatable bonds is 7. The highest BCUT2D eigenvalue weighted by Crippen LogP contribution is 2.35. The summed E-state index contributed by atoms with van der Waals surface area (Å²) in [5.41, 5.74) is 3.11. The SMILES string of the molecule is Cc1cccc(Nc2ncnc(N3CCN(C(c4ccccc4)c4ccccc4)CC3)c2[N+](=O)[O-])n1. The maximum absolute atomic E-state index is 12.1. The molecule has 0 radical (unpaired) electrons. The van der Waals surface area contributed by atoms with E-state index in [-0.39, 0.29) is 17.5 Å². The highest BCUT2D eigenvalue weighted by Gasteiger charge is 2.32. The van der Waals surface area contributed by atoms with Crippen LogP contribution in [0.1, 0.15) is 22.9 Å². The van der Waals surface area contributed by atoms with Gasteiger partial charge in [0.25, 0.3) is 0 Å². The number of hydrogen-bond donors (Lipinski definition) is 1. The van der Waals surface area contributed by atoms with E-state index in [2.05, 4.69) is 73.7 Å². The van der Waals surface area contributed by atoms with Crippen LogP contribution < -0.4 is 10.2 Å². The Kier molecular flexibility index (Phi) is 6.81. The first-order valence-electron chi connectivity index (χ1n) is 11.9. The van der Waals surface area contributed by atoms with Crippen LogP contribution in [0, 0.1) is 17.0 Å². The monoisotopic (exact) mass is 481 g/mol. The molecule has 4 aromatic rings. The number of pyridine rings is 1. The number of piperazine rings is 1. The Labute approximate surface area is 209 Å². The van der Waals surface area contributed by atoms with Gasteiger partial charge in [-0.2, -0.15) is 0 Å². The first-order valence-corrected chi connectivity index (χ1v) is 11.9. The fourth-order valence-corrected chi connectivity index (χ4v) is 4.67. The van der Waals surface area contributed by atoms with Crippen LogP contribution in [-0.2, 0) is 0 Å². The second kappa shape index (κ2) is 10.5. The van der Waals surface area contributed by atoms with E-state index >= 15 is 0 Å². The van der Waals surface area contributed by atoms with Crippen LogP contribution in [0.3, 0.4) is 0 Å². The molecule has 2 aromatic carbocycles. The molecule has 2 aromatic heterocycles. The third-order valence-electron chi connectivity index (χ3n) is 6.33. The quantitative estimate of drug-likeness (QED) is 0.298. The third kappa shape index (κ3) is 5.01. The van der Waals surface area contributed by atoms with E-state index in [1.54, 1.807) is 6.07 Å². The van der Waals surface area contributed by atoms with Crippen LogP contribution in [-0.4, -0.2) is 51.0 Å². The molecule has 0 spiro atoms. The van der Waals surface area contributed by atoms with Crippen LogP contribution in [0.15, 0.2) is 85.2 Å². The van der Waals surface area contributed by atoms with Crippen molar-refractivity contribution in [2.24, 2.45) is 0 Å². The molecule has 3 heterocycles. The van der Waals surface area contributed by atoms with Gasteiger partial charge in [0.05, 0.1) is 11.0 Å². The molecule has 0 amide bonds. The highest BCUT2D eigenvalue weighted by molar-refractivity contribution is 5.73. The Bertz CT molecular complexity index is 1290. The molecule has 0 bridgehead atoms. The number of anilines is 3. The minimum atomic E-state index is -0.420. The number of nitrogens with one attached hydrogen (secondary N) is 1. The second-order valence-electron chi connectivity index (χ2n) is 8.69. The van der Waals surface area contributed by atoms with Gasteiger partial charge in [-0.3, -0.25) is 15.0 Å². The van der Waals surface area contributed by atoms with E-state index < -0.39 is 4.92 Å². The number of nitro groups is 1. The molecule has 0 aliphatic carbocycles. The second-order valence-corrected chi connectivity index (χ2v) is 8.69. The van der Waals surface area contributed by atoms with Gasteiger partial charge in [-0.05, 0) is 30.2 Å². The summed E-state index contributed by atoms with van der Waals surface area (Å²) in [5, 5.41) is 15.1. The molecule has 1 aliphatic heterocycles. The third-order valence-corrected chi connectivity index (χ3v) is 6.33. The summed E-state index contributed by atoms with van der Waals surface area (Å²) in [7, 11) is 0. The number of hydrogen-bond acceptors (Lipinski definition) is 8. The zero-order valence-electron chi connectivity index (χ0n) is 20.0. The van der Waals surface area contributed by atoms with Crippen molar-refractivity contribution < 1.29 is 4.92 Å². The lowest BCUT2D eigenvalue weighted by atomic mass is 9.96. The number of aromatic nitrogens is 3. The first kappa shape index (κ1) is 23.4. The molecule has 5 rings (SSSR count). The van der Waals surface area contributed by atoms with Crippen molar-refractivity contribution in [2.75, 3.05) is 36.4 Å². The largest absolute Gasteiger partial charge is 0.353 e. The Morgan fingerprint density at radius 3 is 2.08 bits per heavy atom. The standard InChI is InChI=1S/C27H27N7O2/c1-20-9-8-14-23(30-20)31-26-25(34(35)36)27(29-19-28-26)33-17-15-32(16-18-33)24(21-10-4-2-5-11-21)22-12-6-3-7-13-22/h2-14,19,24H,15-18H2,1H3,(H,28,29,30,31). The van der Waals surface area contributed by atoms with Crippen molar-refractivity contribution in [2.45, 2.75) is 13.0 Å². The van der Waals surface area contributed by atoms with Crippen molar-refractivity contribution in [3.05, 3.63) is 112 Å². The molecule has 1 aliphatic rings. The van der Waals surface area contributed by atoms with Gasteiger partial charge in [0, 0.05) is 31.9 Å². The zero-order valence-corrected chi connectivity index (χ0v) is 20.0. The van der Waals surface area contributed by atoms with Crippen molar-refractivity contribution >= 4 is 23.1 Å². The van der Waals surface area contributed by atoms with Gasteiger partial charge < -0.3 is 10.2 Å². The summed E-state index contributed by atoms with van der Waals surface area (Å²) in [6.07, 6.45) is 1.36. The van der Waals surface area contributed by atoms with Crippen LogP contribution in [0.2, 0.25) is 0 Å². The molecular formula is C27H27N7O2. The smallest absolute Gasteiger partial charge is 0.348 e. The van der Waals surface area contributed by atoms with E-state index in [0.717, 1.165) is 18.8 Å². The summed E-state index contributed by atoms with van der Waals surface area (Å²) < 4.78 is 0. The fourth-order valence-electron chi connectivity index (χ4n) is 4.67. The summed E-state index contributed by atoms with van der Waals surface area (Å²) in [6.45, 7) is 4.55. The predicted molar refractivity (Wildman–Crippen MR) is 139 cm³/mol. The molecular weight excluding hydrogens is 454 g/mol. The summed E-state index contributed by atoms with van der Waals surface area (Å²) in [4.78, 5) is 29.0. The van der Waals surface area contributed by atoms with E-state index in [0.29, 0.717) is 24.7 Å². The summed E-state index contributed by atoms with van der Waals surface area (Å²) in [5.74, 6) is 0.957. The average Bonchev–Trinajstić information content (AvgIpc) is 2.90. The normalized spacial score (nSPS) is 14.1. The van der Waals surface area contributed by atoms with Crippen LogP contribution in [0.5, 0.6) is 0 Å². The molecule has 0 saturated carbocycles. The molecule has 36 heavy (non-hydrogen) atoms. The van der Waals surface area contributed by atoms with Gasteiger partial charge in [-0.15, -0.1) is 0 Å². The van der Waals surface area contributed by atoms with Crippen molar-refractivity contribution in [3.8, 4) is 0 Å². The van der Waals surface area contributed by atoms with E-state index in [4.69, 9.17) is 0 Å². The number of benzene rings is 2. The average molecular weight is 482 g/mol. The van der Waals surface area contributed by atoms with E-state index in [1.165, 1.54) is 17.5 Å². The lowest BCUT2D eigenvalue weighted by molar-refractivity contribution is -0.383. The zero-order chi connectivity index (χ0) is 24.9. The Balaban J connectivity index is 1.39. The topological polar surface area (TPSA) is 100 Å². The minimum Gasteiger partial charge on any atom is -0.348 e. The molecule has 1 N–H and O–H groups in total. The van der Waals surface area contributed by atoms with Crippen LogP contribution in [0.4, 0.5) is 23.1 Å². The Morgan fingerprint density at radius 2 is 1.50 bits per heavy atom. The van der Waals surface area contributed by atoms with E-state index in [1.807, 2.05) is 36.1 Å². The van der Waals surface area contributed by atoms with Gasteiger partial charge in [0.1, 0.15) is 12.1 Å². The lowest BCUT2D eigenvalue weighted by Crippen LogP contribution is -2.48. The van der Waals surface area contributed by atoms with Gasteiger partial charge in [0.2, 0.25) is 11.6 Å². The molecule has 182 valence electrons. The van der Waals surface area contributed by atoms with Gasteiger partial charge in [0.15, 0.2) is 0 Å². The van der Waals surface area contributed by atoms with Gasteiger partial charge in [-0.25, -0.2) is 15.0 Å².